The molecular formula is C28H61N3. The molecule has 0 amide bonds. The number of nitrogens with zero attached hydrogens (tertiary/aromatic N) is 2. The van der Waals surface area contributed by atoms with E-state index in [0.717, 1.165) is 0 Å². The Balaban J connectivity index is -0.0000000333. The normalized spacial score (nSPS) is 6.06. The van der Waals surface area contributed by atoms with Crippen molar-refractivity contribution in [1.29, 1.82) is 0 Å². The zero-order valence-corrected chi connectivity index (χ0v) is 24.3. The molecule has 0 saturated carbocycles. The van der Waals surface area contributed by atoms with Gasteiger partial charge < -0.3 is 5.32 Å². The number of hydrogen-bond donors (Lipinski definition) is 1. The van der Waals surface area contributed by atoms with Crippen LogP contribution in [0.5, 0.6) is 0 Å². The highest BCUT2D eigenvalue weighted by atomic mass is 15.0. The summed E-state index contributed by atoms with van der Waals surface area (Å²) < 4.78 is 0. The zero-order chi connectivity index (χ0) is 26.6. The molecule has 31 heavy (non-hydrogen) atoms. The lowest BCUT2D eigenvalue weighted by molar-refractivity contribution is 1.02. The number of benzene rings is 2. The van der Waals surface area contributed by atoms with E-state index >= 15 is 0 Å². The van der Waals surface area contributed by atoms with Crippen molar-refractivity contribution in [1.82, 2.24) is 5.32 Å². The summed E-state index contributed by atoms with van der Waals surface area (Å²) in [6.45, 7) is 24.0. The first-order chi connectivity index (χ1) is 15.3. The van der Waals surface area contributed by atoms with E-state index in [4.69, 9.17) is 0 Å². The van der Waals surface area contributed by atoms with Gasteiger partial charge in [-0.05, 0) is 14.1 Å². The summed E-state index contributed by atoms with van der Waals surface area (Å²) in [5, 5.41) is 9.47. The van der Waals surface area contributed by atoms with Crippen LogP contribution >= 0.6 is 0 Å². The third-order valence-corrected chi connectivity index (χ3v) is 1.53. The smallest absolute Gasteiger partial charge is 0.0487 e. The molecule has 2 rings (SSSR count). The Bertz CT molecular complexity index is 260. The molecule has 2 aromatic carbocycles. The molecule has 0 fully saturated rings. The number of nitrogens with one attached hydrogen (secondary N) is 1. The van der Waals surface area contributed by atoms with Crippen LogP contribution in [0.1, 0.15) is 83.1 Å². The predicted molar refractivity (Wildman–Crippen MR) is 153 cm³/mol. The zero-order valence-electron chi connectivity index (χ0n) is 24.3. The van der Waals surface area contributed by atoms with E-state index in [0.29, 0.717) is 0 Å². The number of hydrogen-bond acceptors (Lipinski definition) is 3. The lowest BCUT2D eigenvalue weighted by atomic mass is 10.4. The van der Waals surface area contributed by atoms with Crippen molar-refractivity contribution in [3.63, 3.8) is 0 Å². The van der Waals surface area contributed by atoms with Crippen LogP contribution in [-0.4, -0.2) is 28.2 Å². The van der Waals surface area contributed by atoms with Crippen molar-refractivity contribution >= 4 is 0 Å². The maximum atomic E-state index is 3.36. The van der Waals surface area contributed by atoms with Crippen LogP contribution in [0.3, 0.4) is 0 Å². The Morgan fingerprint density at radius 3 is 0.419 bits per heavy atom. The van der Waals surface area contributed by atoms with Gasteiger partial charge in [0, 0.05) is 14.1 Å². The van der Waals surface area contributed by atoms with Crippen molar-refractivity contribution in [2.24, 2.45) is 10.2 Å². The predicted octanol–water partition coefficient (Wildman–Crippen LogP) is 10.1. The van der Waals surface area contributed by atoms with Gasteiger partial charge >= 0.3 is 0 Å². The van der Waals surface area contributed by atoms with Crippen molar-refractivity contribution in [2.75, 3.05) is 28.2 Å². The Kier molecular flexibility index (Phi) is 201. The van der Waals surface area contributed by atoms with Crippen molar-refractivity contribution in [3.8, 4) is 0 Å². The van der Waals surface area contributed by atoms with Crippen LogP contribution in [0, 0.1) is 0 Å². The Morgan fingerprint density at radius 1 is 0.323 bits per heavy atom. The highest BCUT2D eigenvalue weighted by Gasteiger charge is 1.58. The monoisotopic (exact) mass is 439 g/mol. The van der Waals surface area contributed by atoms with Crippen LogP contribution in [0.25, 0.3) is 0 Å². The molecule has 0 spiro atoms. The minimum absolute atomic E-state index is 1.64. The average molecular weight is 440 g/mol. The van der Waals surface area contributed by atoms with Crippen LogP contribution in [0.2, 0.25) is 0 Å². The van der Waals surface area contributed by atoms with E-state index in [1.165, 1.54) is 0 Å². The Labute approximate surface area is 199 Å². The molecule has 0 aromatic heterocycles. The van der Waals surface area contributed by atoms with Crippen LogP contribution < -0.4 is 5.32 Å². The molecule has 1 N–H and O–H groups in total. The molecule has 0 aliphatic rings. The number of rotatable bonds is 0. The van der Waals surface area contributed by atoms with Crippen molar-refractivity contribution < 1.29 is 0 Å². The van der Waals surface area contributed by atoms with Gasteiger partial charge in [0.15, 0.2) is 0 Å². The molecule has 0 bridgehead atoms. The fourth-order valence-electron chi connectivity index (χ4n) is 0.770. The van der Waals surface area contributed by atoms with Gasteiger partial charge in [-0.25, -0.2) is 0 Å². The average Bonchev–Trinajstić information content (AvgIpc) is 2.94. The maximum absolute atomic E-state index is 3.36. The van der Waals surface area contributed by atoms with Crippen LogP contribution in [0.4, 0.5) is 0 Å². The topological polar surface area (TPSA) is 36.8 Å². The lowest BCUT2D eigenvalue weighted by Crippen LogP contribution is -1.89. The van der Waals surface area contributed by atoms with E-state index in [1.54, 1.807) is 14.1 Å². The highest BCUT2D eigenvalue weighted by Crippen LogP contribution is 1.80. The largest absolute Gasteiger partial charge is 0.323 e. The first-order valence-electron chi connectivity index (χ1n) is 12.1. The fourth-order valence-corrected chi connectivity index (χ4v) is 0.770. The SMILES string of the molecule is CC.CC.CC.CC.CC.CC.CN=NC.CNC.c1ccccc1.c1ccccc1. The van der Waals surface area contributed by atoms with E-state index in [2.05, 4.69) is 15.5 Å². The van der Waals surface area contributed by atoms with E-state index < -0.39 is 0 Å². The quantitative estimate of drug-likeness (QED) is 0.407. The summed E-state index contributed by atoms with van der Waals surface area (Å²) in [5.74, 6) is 0. The van der Waals surface area contributed by atoms with E-state index in [9.17, 15) is 0 Å². The summed E-state index contributed by atoms with van der Waals surface area (Å²) in [7, 11) is 7.03. The van der Waals surface area contributed by atoms with Gasteiger partial charge in [0.25, 0.3) is 0 Å². The van der Waals surface area contributed by atoms with Crippen LogP contribution in [-0.2, 0) is 0 Å². The molecule has 0 aliphatic heterocycles. The molecule has 2 aromatic rings. The van der Waals surface area contributed by atoms with Gasteiger partial charge in [0.1, 0.15) is 0 Å². The summed E-state index contributed by atoms with van der Waals surface area (Å²) in [6, 6.07) is 24.0. The van der Waals surface area contributed by atoms with Gasteiger partial charge in [-0.3, -0.25) is 0 Å². The molecule has 0 saturated heterocycles. The second-order valence-corrected chi connectivity index (χ2v) is 3.21. The first kappa shape index (κ1) is 51.6. The fraction of sp³-hybridized carbons (Fsp3) is 0.571. The molecular weight excluding hydrogens is 378 g/mol. The summed E-state index contributed by atoms with van der Waals surface area (Å²) in [5.41, 5.74) is 0. The van der Waals surface area contributed by atoms with E-state index in [-0.39, 0.29) is 0 Å². The third kappa shape index (κ3) is 156. The summed E-state index contributed by atoms with van der Waals surface area (Å²) >= 11 is 0. The lowest BCUT2D eigenvalue weighted by Gasteiger charge is -1.69. The second kappa shape index (κ2) is 121. The van der Waals surface area contributed by atoms with Gasteiger partial charge in [-0.2, -0.15) is 10.2 Å². The molecule has 0 unspecified atom stereocenters. The molecule has 3 heteroatoms. The summed E-state index contributed by atoms with van der Waals surface area (Å²) in [6.07, 6.45) is 0. The van der Waals surface area contributed by atoms with Gasteiger partial charge in [-0.15, -0.1) is 0 Å². The van der Waals surface area contributed by atoms with E-state index in [1.807, 2.05) is 170 Å². The minimum atomic E-state index is 1.64. The number of azo groups is 1. The van der Waals surface area contributed by atoms with Crippen molar-refractivity contribution in [2.45, 2.75) is 83.1 Å². The molecule has 188 valence electrons. The summed E-state index contributed by atoms with van der Waals surface area (Å²) in [4.78, 5) is 0. The molecule has 3 nitrogen and oxygen atoms in total. The third-order valence-electron chi connectivity index (χ3n) is 1.53. The van der Waals surface area contributed by atoms with Crippen molar-refractivity contribution in [3.05, 3.63) is 72.8 Å². The second-order valence-electron chi connectivity index (χ2n) is 3.21. The standard InChI is InChI=1S/2C6H6.C2H6N2.C2H7N.6C2H6/c2*1-2-4-6-5-3-1;1-3-4-2;1-3-2;6*1-2/h2*1-6H;1-2H3;3H,1-2H3;6*1-2H3. The minimum Gasteiger partial charge on any atom is -0.323 e. The Morgan fingerprint density at radius 2 is 0.387 bits per heavy atom. The van der Waals surface area contributed by atoms with Crippen LogP contribution in [0.15, 0.2) is 83.0 Å². The molecule has 0 heterocycles. The first-order valence-corrected chi connectivity index (χ1v) is 12.1. The highest BCUT2D eigenvalue weighted by molar-refractivity contribution is 4.99. The van der Waals surface area contributed by atoms with Gasteiger partial charge in [-0.1, -0.05) is 156 Å². The molecule has 0 atom stereocenters. The van der Waals surface area contributed by atoms with Gasteiger partial charge in [0.05, 0.1) is 0 Å². The molecule has 0 aliphatic carbocycles. The maximum Gasteiger partial charge on any atom is 0.0487 e. The van der Waals surface area contributed by atoms with Gasteiger partial charge in [0.2, 0.25) is 0 Å². The Hall–Kier alpha value is -2.00. The molecule has 0 radical (unpaired) electrons.